The lowest BCUT2D eigenvalue weighted by Crippen LogP contribution is -2.15. The van der Waals surface area contributed by atoms with Crippen molar-refractivity contribution in [2.24, 2.45) is 0 Å². The van der Waals surface area contributed by atoms with Crippen molar-refractivity contribution in [3.63, 3.8) is 0 Å². The quantitative estimate of drug-likeness (QED) is 0.593. The summed E-state index contributed by atoms with van der Waals surface area (Å²) in [6.07, 6.45) is 3.16. The fourth-order valence-electron chi connectivity index (χ4n) is 1.83. The first kappa shape index (κ1) is 13.4. The Hall–Kier alpha value is -1.04. The molecule has 0 aromatic carbocycles. The zero-order valence-corrected chi connectivity index (χ0v) is 11.4. The third kappa shape index (κ3) is 3.04. The van der Waals surface area contributed by atoms with Crippen molar-refractivity contribution >= 4 is 17.4 Å². The molecule has 0 saturated heterocycles. The van der Waals surface area contributed by atoms with Gasteiger partial charge in [0.25, 0.3) is 0 Å². The van der Waals surface area contributed by atoms with E-state index in [1.54, 1.807) is 11.8 Å². The standard InChI is InChI=1S/C13H19N3OS/c1-2-6-14-10-11-13(18-9-8-17)15-12-5-3-4-7-16(11)12/h3-5,7,14,17H,2,6,8-10H2,1H3. The third-order valence-corrected chi connectivity index (χ3v) is 3.63. The Morgan fingerprint density at radius 1 is 1.44 bits per heavy atom. The first-order valence-corrected chi connectivity index (χ1v) is 7.25. The summed E-state index contributed by atoms with van der Waals surface area (Å²) in [7, 11) is 0. The summed E-state index contributed by atoms with van der Waals surface area (Å²) in [4.78, 5) is 4.60. The van der Waals surface area contributed by atoms with Crippen LogP contribution in [0.1, 0.15) is 19.0 Å². The smallest absolute Gasteiger partial charge is 0.138 e. The average Bonchev–Trinajstić information content (AvgIpc) is 2.75. The van der Waals surface area contributed by atoms with E-state index < -0.39 is 0 Å². The predicted molar refractivity (Wildman–Crippen MR) is 75.0 cm³/mol. The van der Waals surface area contributed by atoms with Crippen LogP contribution in [0, 0.1) is 0 Å². The molecule has 0 spiro atoms. The van der Waals surface area contributed by atoms with Crippen LogP contribution in [0.25, 0.3) is 5.65 Å². The number of pyridine rings is 1. The zero-order valence-electron chi connectivity index (χ0n) is 10.6. The van der Waals surface area contributed by atoms with Gasteiger partial charge in [-0.25, -0.2) is 4.98 Å². The van der Waals surface area contributed by atoms with Gasteiger partial charge in [0, 0.05) is 18.5 Å². The molecule has 2 N–H and O–H groups in total. The van der Waals surface area contributed by atoms with Gasteiger partial charge in [-0.15, -0.1) is 11.8 Å². The molecule has 18 heavy (non-hydrogen) atoms. The molecule has 0 aliphatic rings. The van der Waals surface area contributed by atoms with Crippen molar-refractivity contribution in [3.05, 3.63) is 30.1 Å². The van der Waals surface area contributed by atoms with Crippen LogP contribution >= 0.6 is 11.8 Å². The Morgan fingerprint density at radius 3 is 3.11 bits per heavy atom. The number of nitrogens with one attached hydrogen (secondary N) is 1. The molecule has 0 aliphatic heterocycles. The Labute approximate surface area is 111 Å². The summed E-state index contributed by atoms with van der Waals surface area (Å²) in [5, 5.41) is 13.4. The normalized spacial score (nSPS) is 11.2. The fourth-order valence-corrected chi connectivity index (χ4v) is 2.61. The average molecular weight is 265 g/mol. The molecule has 0 radical (unpaired) electrons. The molecule has 2 heterocycles. The molecular formula is C13H19N3OS. The molecule has 98 valence electrons. The number of hydrogen-bond acceptors (Lipinski definition) is 4. The van der Waals surface area contributed by atoms with Crippen molar-refractivity contribution in [3.8, 4) is 0 Å². The summed E-state index contributed by atoms with van der Waals surface area (Å²) in [6, 6.07) is 6.01. The maximum atomic E-state index is 8.94. The largest absolute Gasteiger partial charge is 0.396 e. The maximum Gasteiger partial charge on any atom is 0.138 e. The number of fused-ring (bicyclic) bond motifs is 1. The highest BCUT2D eigenvalue weighted by Crippen LogP contribution is 2.23. The minimum Gasteiger partial charge on any atom is -0.396 e. The minimum atomic E-state index is 0.181. The van der Waals surface area contributed by atoms with E-state index in [2.05, 4.69) is 21.6 Å². The van der Waals surface area contributed by atoms with Crippen molar-refractivity contribution in [1.82, 2.24) is 14.7 Å². The number of aliphatic hydroxyl groups is 1. The molecule has 0 fully saturated rings. The third-order valence-electron chi connectivity index (χ3n) is 2.64. The maximum absolute atomic E-state index is 8.94. The molecule has 5 heteroatoms. The first-order valence-electron chi connectivity index (χ1n) is 6.27. The molecule has 0 saturated carbocycles. The van der Waals surface area contributed by atoms with Crippen LogP contribution in [0.2, 0.25) is 0 Å². The van der Waals surface area contributed by atoms with Crippen LogP contribution < -0.4 is 5.32 Å². The Kier molecular flexibility index (Phi) is 5.04. The molecule has 0 atom stereocenters. The first-order chi connectivity index (χ1) is 8.86. The minimum absolute atomic E-state index is 0.181. The lowest BCUT2D eigenvalue weighted by Gasteiger charge is -2.05. The van der Waals surface area contributed by atoms with Gasteiger partial charge < -0.3 is 14.8 Å². The number of aromatic nitrogens is 2. The van der Waals surface area contributed by atoms with E-state index in [-0.39, 0.29) is 6.61 Å². The molecule has 0 aliphatic carbocycles. The SMILES string of the molecule is CCCNCc1c(SCCO)nc2ccccn12. The van der Waals surface area contributed by atoms with Gasteiger partial charge in [-0.05, 0) is 25.1 Å². The molecule has 2 aromatic rings. The zero-order chi connectivity index (χ0) is 12.8. The van der Waals surface area contributed by atoms with Gasteiger partial charge in [0.2, 0.25) is 0 Å². The van der Waals surface area contributed by atoms with Crippen molar-refractivity contribution in [2.45, 2.75) is 24.9 Å². The lowest BCUT2D eigenvalue weighted by atomic mass is 10.4. The van der Waals surface area contributed by atoms with Gasteiger partial charge in [0.05, 0.1) is 12.3 Å². The van der Waals surface area contributed by atoms with Gasteiger partial charge in [-0.2, -0.15) is 0 Å². The van der Waals surface area contributed by atoms with E-state index in [4.69, 9.17) is 5.11 Å². The Balaban J connectivity index is 2.25. The van der Waals surface area contributed by atoms with Crippen LogP contribution in [0.4, 0.5) is 0 Å². The molecule has 0 amide bonds. The van der Waals surface area contributed by atoms with E-state index in [1.165, 1.54) is 5.69 Å². The second kappa shape index (κ2) is 6.78. The highest BCUT2D eigenvalue weighted by molar-refractivity contribution is 7.99. The predicted octanol–water partition coefficient (Wildman–Crippen LogP) is 1.92. The molecule has 2 rings (SSSR count). The van der Waals surface area contributed by atoms with E-state index in [9.17, 15) is 0 Å². The van der Waals surface area contributed by atoms with Gasteiger partial charge in [-0.1, -0.05) is 13.0 Å². The molecule has 0 unspecified atom stereocenters. The topological polar surface area (TPSA) is 49.6 Å². The number of hydrogen-bond donors (Lipinski definition) is 2. The van der Waals surface area contributed by atoms with Crippen molar-refractivity contribution in [1.29, 1.82) is 0 Å². The van der Waals surface area contributed by atoms with Crippen LogP contribution in [-0.4, -0.2) is 33.4 Å². The molecular weight excluding hydrogens is 246 g/mol. The number of aliphatic hydroxyl groups excluding tert-OH is 1. The number of imidazole rings is 1. The molecule has 4 nitrogen and oxygen atoms in total. The van der Waals surface area contributed by atoms with Crippen LogP contribution in [0.3, 0.4) is 0 Å². The van der Waals surface area contributed by atoms with Gasteiger partial charge in [0.15, 0.2) is 0 Å². The number of rotatable bonds is 7. The van der Waals surface area contributed by atoms with Gasteiger partial charge >= 0.3 is 0 Å². The highest BCUT2D eigenvalue weighted by Gasteiger charge is 2.11. The summed E-state index contributed by atoms with van der Waals surface area (Å²) >= 11 is 1.61. The summed E-state index contributed by atoms with van der Waals surface area (Å²) in [5.41, 5.74) is 2.14. The van der Waals surface area contributed by atoms with E-state index in [0.29, 0.717) is 5.75 Å². The van der Waals surface area contributed by atoms with Crippen LogP contribution in [0.15, 0.2) is 29.4 Å². The Bertz CT molecular complexity index is 498. The van der Waals surface area contributed by atoms with Crippen molar-refractivity contribution in [2.75, 3.05) is 18.9 Å². The summed E-state index contributed by atoms with van der Waals surface area (Å²) < 4.78 is 2.11. The summed E-state index contributed by atoms with van der Waals surface area (Å²) in [5.74, 6) is 0.685. The number of nitrogens with zero attached hydrogens (tertiary/aromatic N) is 2. The van der Waals surface area contributed by atoms with E-state index in [0.717, 1.165) is 30.2 Å². The van der Waals surface area contributed by atoms with Crippen LogP contribution in [-0.2, 0) is 6.54 Å². The molecule has 0 bridgehead atoms. The Morgan fingerprint density at radius 2 is 2.33 bits per heavy atom. The van der Waals surface area contributed by atoms with E-state index >= 15 is 0 Å². The lowest BCUT2D eigenvalue weighted by molar-refractivity contribution is 0.322. The highest BCUT2D eigenvalue weighted by atomic mass is 32.2. The van der Waals surface area contributed by atoms with Gasteiger partial charge in [-0.3, -0.25) is 0 Å². The second-order valence-corrected chi connectivity index (χ2v) is 5.12. The number of thioether (sulfide) groups is 1. The fraction of sp³-hybridized carbons (Fsp3) is 0.462. The van der Waals surface area contributed by atoms with E-state index in [1.807, 2.05) is 24.4 Å². The molecule has 2 aromatic heterocycles. The van der Waals surface area contributed by atoms with Gasteiger partial charge in [0.1, 0.15) is 10.7 Å². The van der Waals surface area contributed by atoms with Crippen LogP contribution in [0.5, 0.6) is 0 Å². The second-order valence-electron chi connectivity index (χ2n) is 4.04. The van der Waals surface area contributed by atoms with Crippen molar-refractivity contribution < 1.29 is 5.11 Å². The monoisotopic (exact) mass is 265 g/mol. The summed E-state index contributed by atoms with van der Waals surface area (Å²) in [6.45, 7) is 4.15.